The number of hydrogen-bond acceptors (Lipinski definition) is 1. The fourth-order valence-electron chi connectivity index (χ4n) is 1.52. The van der Waals surface area contributed by atoms with Crippen LogP contribution in [-0.2, 0) is 0 Å². The van der Waals surface area contributed by atoms with Crippen molar-refractivity contribution >= 4 is 11.6 Å². The van der Waals surface area contributed by atoms with E-state index in [-0.39, 0.29) is 0 Å². The lowest BCUT2D eigenvalue weighted by Crippen LogP contribution is -2.23. The zero-order valence-electron chi connectivity index (χ0n) is 8.19. The van der Waals surface area contributed by atoms with Gasteiger partial charge in [0, 0.05) is 23.6 Å². The standard InChI is InChI=1S/C12H11ClFN/c13-11-3-1-2-10(8-11)4-5-12(14)6-7-15-9-12/h1-3,8,15H,6-7,9H2. The SMILES string of the molecule is FC1(C#Cc2cccc(Cl)c2)CCNC1. The number of rotatable bonds is 0. The average molecular weight is 224 g/mol. The highest BCUT2D eigenvalue weighted by molar-refractivity contribution is 6.30. The van der Waals surface area contributed by atoms with Crippen LogP contribution < -0.4 is 5.32 Å². The van der Waals surface area contributed by atoms with Gasteiger partial charge in [-0.1, -0.05) is 29.5 Å². The Balaban J connectivity index is 2.17. The fraction of sp³-hybridized carbons (Fsp3) is 0.333. The maximum absolute atomic E-state index is 13.8. The molecular weight excluding hydrogens is 213 g/mol. The Morgan fingerprint density at radius 3 is 3.00 bits per heavy atom. The third-order valence-corrected chi connectivity index (χ3v) is 2.59. The first kappa shape index (κ1) is 10.5. The number of halogens is 2. The minimum Gasteiger partial charge on any atom is -0.312 e. The van der Waals surface area contributed by atoms with Crippen LogP contribution >= 0.6 is 11.6 Å². The first-order valence-corrected chi connectivity index (χ1v) is 5.24. The highest BCUT2D eigenvalue weighted by atomic mass is 35.5. The summed E-state index contributed by atoms with van der Waals surface area (Å²) < 4.78 is 13.8. The molecule has 1 N–H and O–H groups in total. The number of nitrogens with one attached hydrogen (secondary N) is 1. The smallest absolute Gasteiger partial charge is 0.184 e. The van der Waals surface area contributed by atoms with Crippen molar-refractivity contribution in [2.45, 2.75) is 12.1 Å². The van der Waals surface area contributed by atoms with Gasteiger partial charge in [-0.3, -0.25) is 0 Å². The lowest BCUT2D eigenvalue weighted by atomic mass is 10.1. The first-order valence-electron chi connectivity index (χ1n) is 4.86. The molecule has 0 radical (unpaired) electrons. The molecule has 0 amide bonds. The largest absolute Gasteiger partial charge is 0.312 e. The molecule has 0 spiro atoms. The molecule has 1 aromatic rings. The second kappa shape index (κ2) is 4.22. The zero-order valence-corrected chi connectivity index (χ0v) is 8.94. The molecule has 0 saturated carbocycles. The predicted molar refractivity (Wildman–Crippen MR) is 59.7 cm³/mol. The monoisotopic (exact) mass is 223 g/mol. The van der Waals surface area contributed by atoms with Gasteiger partial charge in [0.15, 0.2) is 5.67 Å². The van der Waals surface area contributed by atoms with E-state index in [0.29, 0.717) is 24.5 Å². The summed E-state index contributed by atoms with van der Waals surface area (Å²) in [6.07, 6.45) is 0.459. The summed E-state index contributed by atoms with van der Waals surface area (Å²) >= 11 is 5.80. The van der Waals surface area contributed by atoms with Crippen molar-refractivity contribution in [1.82, 2.24) is 5.32 Å². The molecule has 1 unspecified atom stereocenters. The highest BCUT2D eigenvalue weighted by Crippen LogP contribution is 2.18. The Labute approximate surface area is 93.6 Å². The fourth-order valence-corrected chi connectivity index (χ4v) is 1.71. The van der Waals surface area contributed by atoms with Gasteiger partial charge in [-0.05, 0) is 24.7 Å². The van der Waals surface area contributed by atoms with Gasteiger partial charge in [-0.25, -0.2) is 4.39 Å². The van der Waals surface area contributed by atoms with Gasteiger partial charge in [-0.2, -0.15) is 0 Å². The Hall–Kier alpha value is -1.04. The average Bonchev–Trinajstić information content (AvgIpc) is 2.63. The Bertz CT molecular complexity index is 413. The molecule has 1 saturated heterocycles. The minimum atomic E-state index is -1.37. The maximum atomic E-state index is 13.8. The zero-order chi connectivity index (χ0) is 10.7. The van der Waals surface area contributed by atoms with Crippen LogP contribution in [0, 0.1) is 11.8 Å². The summed E-state index contributed by atoms with van der Waals surface area (Å²) in [5.41, 5.74) is -0.617. The van der Waals surface area contributed by atoms with Crippen molar-refractivity contribution in [3.8, 4) is 11.8 Å². The Kier molecular flexibility index (Phi) is 2.95. The van der Waals surface area contributed by atoms with Gasteiger partial charge in [0.2, 0.25) is 0 Å². The van der Waals surface area contributed by atoms with Crippen LogP contribution in [0.25, 0.3) is 0 Å². The third kappa shape index (κ3) is 2.71. The minimum absolute atomic E-state index is 0.320. The van der Waals surface area contributed by atoms with Crippen molar-refractivity contribution in [3.05, 3.63) is 34.9 Å². The third-order valence-electron chi connectivity index (χ3n) is 2.36. The lowest BCUT2D eigenvalue weighted by Gasteiger charge is -2.07. The molecule has 1 atom stereocenters. The summed E-state index contributed by atoms with van der Waals surface area (Å²) in [5.74, 6) is 5.48. The van der Waals surface area contributed by atoms with Gasteiger partial charge < -0.3 is 5.32 Å². The lowest BCUT2D eigenvalue weighted by molar-refractivity contribution is 0.271. The molecule has 1 nitrogen and oxygen atoms in total. The molecule has 15 heavy (non-hydrogen) atoms. The van der Waals surface area contributed by atoms with E-state index in [1.165, 1.54) is 0 Å². The van der Waals surface area contributed by atoms with Gasteiger partial charge in [0.1, 0.15) is 0 Å². The van der Waals surface area contributed by atoms with Crippen LogP contribution in [0.15, 0.2) is 24.3 Å². The predicted octanol–water partition coefficient (Wildman–Crippen LogP) is 2.39. The number of alkyl halides is 1. The van der Waals surface area contributed by atoms with E-state index in [4.69, 9.17) is 11.6 Å². The van der Waals surface area contributed by atoms with Crippen LogP contribution in [-0.4, -0.2) is 18.8 Å². The van der Waals surface area contributed by atoms with E-state index in [0.717, 1.165) is 5.56 Å². The molecule has 1 aliphatic heterocycles. The highest BCUT2D eigenvalue weighted by Gasteiger charge is 2.31. The van der Waals surface area contributed by atoms with Crippen LogP contribution in [0.2, 0.25) is 5.02 Å². The molecular formula is C12H11ClFN. The van der Waals surface area contributed by atoms with Crippen LogP contribution in [0.4, 0.5) is 4.39 Å². The van der Waals surface area contributed by atoms with E-state index in [1.54, 1.807) is 12.1 Å². The van der Waals surface area contributed by atoms with Crippen molar-refractivity contribution in [2.75, 3.05) is 13.1 Å². The van der Waals surface area contributed by atoms with Crippen LogP contribution in [0.5, 0.6) is 0 Å². The Morgan fingerprint density at radius 2 is 2.33 bits per heavy atom. The van der Waals surface area contributed by atoms with Gasteiger partial charge in [0.05, 0.1) is 0 Å². The summed E-state index contributed by atoms with van der Waals surface area (Å²) in [6, 6.07) is 7.14. The molecule has 3 heteroatoms. The summed E-state index contributed by atoms with van der Waals surface area (Å²) in [6.45, 7) is 1.02. The molecule has 78 valence electrons. The second-order valence-corrected chi connectivity index (χ2v) is 4.09. The molecule has 2 rings (SSSR count). The molecule has 1 heterocycles. The molecule has 0 aliphatic carbocycles. The summed E-state index contributed by atoms with van der Waals surface area (Å²) in [7, 11) is 0. The van der Waals surface area contributed by atoms with Crippen LogP contribution in [0.3, 0.4) is 0 Å². The van der Waals surface area contributed by atoms with Crippen molar-refractivity contribution in [2.24, 2.45) is 0 Å². The molecule has 1 fully saturated rings. The topological polar surface area (TPSA) is 12.0 Å². The molecule has 1 aromatic carbocycles. The Morgan fingerprint density at radius 1 is 1.47 bits per heavy atom. The maximum Gasteiger partial charge on any atom is 0.184 e. The van der Waals surface area contributed by atoms with E-state index >= 15 is 0 Å². The number of benzene rings is 1. The molecule has 0 bridgehead atoms. The van der Waals surface area contributed by atoms with E-state index < -0.39 is 5.67 Å². The summed E-state index contributed by atoms with van der Waals surface area (Å²) in [4.78, 5) is 0. The number of hydrogen-bond donors (Lipinski definition) is 1. The molecule has 0 aromatic heterocycles. The van der Waals surface area contributed by atoms with Gasteiger partial charge >= 0.3 is 0 Å². The van der Waals surface area contributed by atoms with Crippen molar-refractivity contribution in [1.29, 1.82) is 0 Å². The quantitative estimate of drug-likeness (QED) is 0.666. The van der Waals surface area contributed by atoms with Crippen molar-refractivity contribution < 1.29 is 4.39 Å². The first-order chi connectivity index (χ1) is 7.18. The van der Waals surface area contributed by atoms with E-state index in [9.17, 15) is 4.39 Å². The van der Waals surface area contributed by atoms with Crippen molar-refractivity contribution in [3.63, 3.8) is 0 Å². The molecule has 1 aliphatic rings. The van der Waals surface area contributed by atoms with Gasteiger partial charge in [-0.15, -0.1) is 0 Å². The van der Waals surface area contributed by atoms with Gasteiger partial charge in [0.25, 0.3) is 0 Å². The second-order valence-electron chi connectivity index (χ2n) is 3.65. The van der Waals surface area contributed by atoms with Crippen LogP contribution in [0.1, 0.15) is 12.0 Å². The summed E-state index contributed by atoms with van der Waals surface area (Å²) in [5, 5.41) is 3.58. The van der Waals surface area contributed by atoms with E-state index in [2.05, 4.69) is 17.2 Å². The van der Waals surface area contributed by atoms with E-state index in [1.807, 2.05) is 12.1 Å². The normalized spacial score (nSPS) is 24.7.